The van der Waals surface area contributed by atoms with Crippen molar-refractivity contribution in [1.82, 2.24) is 9.97 Å². The number of hydrogen-bond acceptors (Lipinski definition) is 4. The number of hydrogen-bond donors (Lipinski definition) is 0. The largest absolute Gasteiger partial charge is 0.341 e. The molecule has 0 atom stereocenters. The molecule has 0 amide bonds. The number of anilines is 1. The second-order valence-electron chi connectivity index (χ2n) is 3.44. The number of nitriles is 1. The van der Waals surface area contributed by atoms with Crippen LogP contribution in [0.4, 0.5) is 5.95 Å². The summed E-state index contributed by atoms with van der Waals surface area (Å²) in [6.07, 6.45) is 5.35. The molecular weight excluding hydrogens is 176 g/mol. The van der Waals surface area contributed by atoms with Crippen LogP contribution in [0.25, 0.3) is 0 Å². The van der Waals surface area contributed by atoms with Gasteiger partial charge in [0.1, 0.15) is 0 Å². The fourth-order valence-corrected chi connectivity index (χ4v) is 1.66. The summed E-state index contributed by atoms with van der Waals surface area (Å²) in [7, 11) is 0. The Hall–Kier alpha value is -1.63. The molecule has 1 saturated heterocycles. The minimum atomic E-state index is 0.218. The zero-order valence-electron chi connectivity index (χ0n) is 7.93. The van der Waals surface area contributed by atoms with Gasteiger partial charge in [0.25, 0.3) is 0 Å². The molecule has 1 aromatic rings. The maximum atomic E-state index is 8.75. The average molecular weight is 188 g/mol. The Bertz CT molecular complexity index is 322. The van der Waals surface area contributed by atoms with Crippen molar-refractivity contribution in [2.24, 2.45) is 5.92 Å². The summed E-state index contributed by atoms with van der Waals surface area (Å²) >= 11 is 0. The van der Waals surface area contributed by atoms with Crippen LogP contribution in [0.2, 0.25) is 0 Å². The summed E-state index contributed by atoms with van der Waals surface area (Å²) in [6, 6.07) is 4.12. The van der Waals surface area contributed by atoms with Crippen molar-refractivity contribution in [1.29, 1.82) is 5.26 Å². The van der Waals surface area contributed by atoms with E-state index in [0.29, 0.717) is 0 Å². The molecule has 0 aromatic carbocycles. The highest BCUT2D eigenvalue weighted by Crippen LogP contribution is 2.18. The molecule has 0 unspecified atom stereocenters. The Morgan fingerprint density at radius 2 is 1.93 bits per heavy atom. The van der Waals surface area contributed by atoms with E-state index in [1.807, 2.05) is 6.07 Å². The zero-order valence-corrected chi connectivity index (χ0v) is 7.93. The molecular formula is C10H12N4. The van der Waals surface area contributed by atoms with Crippen LogP contribution in [0.3, 0.4) is 0 Å². The normalized spacial score (nSPS) is 17.8. The topological polar surface area (TPSA) is 52.8 Å². The van der Waals surface area contributed by atoms with Crippen LogP contribution in [0.15, 0.2) is 18.5 Å². The van der Waals surface area contributed by atoms with Gasteiger partial charge in [-0.3, -0.25) is 0 Å². The molecule has 0 bridgehead atoms. The van der Waals surface area contributed by atoms with Crippen molar-refractivity contribution >= 4 is 5.95 Å². The van der Waals surface area contributed by atoms with E-state index in [2.05, 4.69) is 20.9 Å². The second kappa shape index (κ2) is 4.05. The van der Waals surface area contributed by atoms with Gasteiger partial charge in [0.05, 0.1) is 6.07 Å². The van der Waals surface area contributed by atoms with Gasteiger partial charge >= 0.3 is 0 Å². The van der Waals surface area contributed by atoms with Crippen molar-refractivity contribution in [3.05, 3.63) is 18.5 Å². The molecule has 14 heavy (non-hydrogen) atoms. The molecule has 1 aromatic heterocycles. The lowest BCUT2D eigenvalue weighted by molar-refractivity contribution is 0.482. The fourth-order valence-electron chi connectivity index (χ4n) is 1.66. The average Bonchev–Trinajstić information content (AvgIpc) is 2.30. The lowest BCUT2D eigenvalue weighted by Crippen LogP contribution is -2.34. The smallest absolute Gasteiger partial charge is 0.225 e. The van der Waals surface area contributed by atoms with Crippen LogP contribution >= 0.6 is 0 Å². The molecule has 2 rings (SSSR count). The summed E-state index contributed by atoms with van der Waals surface area (Å²) in [5.41, 5.74) is 0. The highest BCUT2D eigenvalue weighted by Gasteiger charge is 2.19. The number of rotatable bonds is 1. The third-order valence-electron chi connectivity index (χ3n) is 2.51. The van der Waals surface area contributed by atoms with Gasteiger partial charge in [-0.1, -0.05) is 0 Å². The van der Waals surface area contributed by atoms with Crippen molar-refractivity contribution < 1.29 is 0 Å². The summed E-state index contributed by atoms with van der Waals surface area (Å²) in [6.45, 7) is 1.78. The number of piperidine rings is 1. The Morgan fingerprint density at radius 3 is 2.50 bits per heavy atom. The van der Waals surface area contributed by atoms with E-state index in [4.69, 9.17) is 5.26 Å². The quantitative estimate of drug-likeness (QED) is 0.664. The van der Waals surface area contributed by atoms with Crippen LogP contribution in [0.1, 0.15) is 12.8 Å². The first kappa shape index (κ1) is 8.95. The third kappa shape index (κ3) is 1.82. The Kier molecular flexibility index (Phi) is 2.59. The first-order chi connectivity index (χ1) is 6.90. The molecule has 1 aliphatic rings. The molecule has 1 fully saturated rings. The van der Waals surface area contributed by atoms with E-state index >= 15 is 0 Å². The molecule has 2 heterocycles. The van der Waals surface area contributed by atoms with Gasteiger partial charge in [-0.15, -0.1) is 0 Å². The van der Waals surface area contributed by atoms with Crippen LogP contribution in [0.5, 0.6) is 0 Å². The molecule has 0 spiro atoms. The maximum Gasteiger partial charge on any atom is 0.225 e. The van der Waals surface area contributed by atoms with Gasteiger partial charge in [-0.05, 0) is 18.9 Å². The van der Waals surface area contributed by atoms with E-state index in [9.17, 15) is 0 Å². The Morgan fingerprint density at radius 1 is 1.29 bits per heavy atom. The van der Waals surface area contributed by atoms with E-state index in [1.165, 1.54) is 0 Å². The first-order valence-corrected chi connectivity index (χ1v) is 4.82. The molecule has 0 saturated carbocycles. The summed E-state index contributed by atoms with van der Waals surface area (Å²) in [5, 5.41) is 8.75. The predicted molar refractivity (Wildman–Crippen MR) is 52.6 cm³/mol. The minimum Gasteiger partial charge on any atom is -0.341 e. The van der Waals surface area contributed by atoms with Crippen LogP contribution < -0.4 is 4.90 Å². The standard InChI is InChI=1S/C10H12N4/c11-8-9-2-6-14(7-3-9)10-12-4-1-5-13-10/h1,4-5,9H,2-3,6-7H2. The maximum absolute atomic E-state index is 8.75. The van der Waals surface area contributed by atoms with Crippen molar-refractivity contribution in [3.63, 3.8) is 0 Å². The molecule has 4 heteroatoms. The zero-order chi connectivity index (χ0) is 9.80. The summed E-state index contributed by atoms with van der Waals surface area (Å²) < 4.78 is 0. The molecule has 0 N–H and O–H groups in total. The summed E-state index contributed by atoms with van der Waals surface area (Å²) in [4.78, 5) is 10.5. The predicted octanol–water partition coefficient (Wildman–Crippen LogP) is 1.22. The first-order valence-electron chi connectivity index (χ1n) is 4.82. The third-order valence-corrected chi connectivity index (χ3v) is 2.51. The van der Waals surface area contributed by atoms with Crippen molar-refractivity contribution in [2.45, 2.75) is 12.8 Å². The molecule has 72 valence electrons. The van der Waals surface area contributed by atoms with E-state index in [-0.39, 0.29) is 5.92 Å². The van der Waals surface area contributed by atoms with E-state index in [1.54, 1.807) is 12.4 Å². The Labute approximate surface area is 83.2 Å². The van der Waals surface area contributed by atoms with Crippen molar-refractivity contribution in [2.75, 3.05) is 18.0 Å². The molecule has 0 aliphatic carbocycles. The SMILES string of the molecule is N#CC1CCN(c2ncccn2)CC1. The molecule has 0 radical (unpaired) electrons. The fraction of sp³-hybridized carbons (Fsp3) is 0.500. The minimum absolute atomic E-state index is 0.218. The lowest BCUT2D eigenvalue weighted by atomic mass is 9.99. The molecule has 4 nitrogen and oxygen atoms in total. The van der Waals surface area contributed by atoms with Gasteiger partial charge in [0.2, 0.25) is 5.95 Å². The van der Waals surface area contributed by atoms with Gasteiger partial charge < -0.3 is 4.90 Å². The van der Waals surface area contributed by atoms with Crippen LogP contribution in [0, 0.1) is 17.2 Å². The number of nitrogens with zero attached hydrogens (tertiary/aromatic N) is 4. The van der Waals surface area contributed by atoms with E-state index < -0.39 is 0 Å². The van der Waals surface area contributed by atoms with Crippen LogP contribution in [-0.2, 0) is 0 Å². The highest BCUT2D eigenvalue weighted by atomic mass is 15.2. The lowest BCUT2D eigenvalue weighted by Gasteiger charge is -2.28. The second-order valence-corrected chi connectivity index (χ2v) is 3.44. The van der Waals surface area contributed by atoms with E-state index in [0.717, 1.165) is 31.9 Å². The van der Waals surface area contributed by atoms with Gasteiger partial charge in [0.15, 0.2) is 0 Å². The van der Waals surface area contributed by atoms with Gasteiger partial charge in [-0.2, -0.15) is 5.26 Å². The van der Waals surface area contributed by atoms with Gasteiger partial charge in [-0.25, -0.2) is 9.97 Å². The monoisotopic (exact) mass is 188 g/mol. The number of aromatic nitrogens is 2. The summed E-state index contributed by atoms with van der Waals surface area (Å²) in [5.74, 6) is 0.999. The van der Waals surface area contributed by atoms with Crippen LogP contribution in [-0.4, -0.2) is 23.1 Å². The van der Waals surface area contributed by atoms with Crippen molar-refractivity contribution in [3.8, 4) is 6.07 Å². The Balaban J connectivity index is 2.00. The van der Waals surface area contributed by atoms with Gasteiger partial charge in [0, 0.05) is 31.4 Å². The highest BCUT2D eigenvalue weighted by molar-refractivity contribution is 5.29. The molecule has 1 aliphatic heterocycles.